The summed E-state index contributed by atoms with van der Waals surface area (Å²) in [5, 5.41) is 7.13. The summed E-state index contributed by atoms with van der Waals surface area (Å²) in [6, 6.07) is 0. The maximum Gasteiger partial charge on any atom is 0.343 e. The largest absolute Gasteiger partial charge is 0.396 e. The van der Waals surface area contributed by atoms with Crippen LogP contribution in [0, 0.1) is 0 Å². The quantitative estimate of drug-likeness (QED) is 0.675. The fourth-order valence-corrected chi connectivity index (χ4v) is 1.57. The molecule has 0 aromatic carbocycles. The minimum atomic E-state index is -0.270. The number of anilines is 1. The van der Waals surface area contributed by atoms with Gasteiger partial charge in [0.05, 0.1) is 18.1 Å². The second kappa shape index (κ2) is 3.73. The van der Waals surface area contributed by atoms with Gasteiger partial charge in [-0.15, -0.1) is 5.10 Å². The fourth-order valence-electron chi connectivity index (χ4n) is 0.884. The van der Waals surface area contributed by atoms with Crippen molar-refractivity contribution in [3.8, 4) is 0 Å². The van der Waals surface area contributed by atoms with Crippen LogP contribution in [0.2, 0.25) is 0 Å². The normalized spacial score (nSPS) is 10.5. The zero-order valence-corrected chi connectivity index (χ0v) is 8.65. The molecular weight excluding hydrogens is 216 g/mol. The van der Waals surface area contributed by atoms with E-state index in [9.17, 15) is 4.79 Å². The summed E-state index contributed by atoms with van der Waals surface area (Å²) < 4.78 is 1.38. The Kier molecular flexibility index (Phi) is 2.42. The predicted molar refractivity (Wildman–Crippen MR) is 54.4 cm³/mol. The topological polar surface area (TPSA) is 102 Å². The average molecular weight is 224 g/mol. The standard InChI is InChI=1S/C7H8N6OS/c1-13-6(14)11-12-7(13)15-5-9-2-4(8)3-10-5/h2-3H,8H2,1H3,(H,11,14). The highest BCUT2D eigenvalue weighted by Crippen LogP contribution is 2.19. The van der Waals surface area contributed by atoms with Gasteiger partial charge in [-0.2, -0.15) is 0 Å². The number of H-pyrrole nitrogens is 1. The Balaban J connectivity index is 2.26. The average Bonchev–Trinajstić information content (AvgIpc) is 2.53. The van der Waals surface area contributed by atoms with Crippen molar-refractivity contribution in [2.75, 3.05) is 5.73 Å². The second-order valence-corrected chi connectivity index (χ2v) is 3.71. The van der Waals surface area contributed by atoms with Crippen molar-refractivity contribution >= 4 is 17.4 Å². The molecule has 0 radical (unpaired) electrons. The third-order valence-corrected chi connectivity index (χ3v) is 2.61. The third kappa shape index (κ3) is 1.99. The summed E-state index contributed by atoms with van der Waals surface area (Å²) >= 11 is 1.19. The van der Waals surface area contributed by atoms with Crippen molar-refractivity contribution in [2.24, 2.45) is 7.05 Å². The van der Waals surface area contributed by atoms with Crippen molar-refractivity contribution in [3.63, 3.8) is 0 Å². The molecule has 0 aliphatic heterocycles. The van der Waals surface area contributed by atoms with Crippen LogP contribution >= 0.6 is 11.8 Å². The molecule has 3 N–H and O–H groups in total. The smallest absolute Gasteiger partial charge is 0.343 e. The van der Waals surface area contributed by atoms with Crippen LogP contribution in [0.3, 0.4) is 0 Å². The van der Waals surface area contributed by atoms with E-state index in [-0.39, 0.29) is 5.69 Å². The molecule has 0 saturated heterocycles. The first kappa shape index (κ1) is 9.71. The van der Waals surface area contributed by atoms with E-state index in [1.165, 1.54) is 28.7 Å². The molecule has 2 rings (SSSR count). The maximum atomic E-state index is 11.1. The van der Waals surface area contributed by atoms with Crippen molar-refractivity contribution in [3.05, 3.63) is 22.9 Å². The van der Waals surface area contributed by atoms with E-state index in [2.05, 4.69) is 20.2 Å². The van der Waals surface area contributed by atoms with Gasteiger partial charge in [0.25, 0.3) is 0 Å². The number of nitrogens with zero attached hydrogens (tertiary/aromatic N) is 4. The van der Waals surface area contributed by atoms with Gasteiger partial charge < -0.3 is 5.73 Å². The zero-order chi connectivity index (χ0) is 10.8. The van der Waals surface area contributed by atoms with Crippen LogP contribution in [0.15, 0.2) is 27.5 Å². The van der Waals surface area contributed by atoms with Crippen LogP contribution < -0.4 is 11.4 Å². The highest BCUT2D eigenvalue weighted by atomic mass is 32.2. The molecule has 0 spiro atoms. The van der Waals surface area contributed by atoms with Crippen molar-refractivity contribution in [1.29, 1.82) is 0 Å². The van der Waals surface area contributed by atoms with E-state index in [0.29, 0.717) is 16.0 Å². The van der Waals surface area contributed by atoms with E-state index < -0.39 is 0 Å². The van der Waals surface area contributed by atoms with Gasteiger partial charge in [-0.25, -0.2) is 19.9 Å². The molecule has 0 unspecified atom stereocenters. The van der Waals surface area contributed by atoms with Crippen LogP contribution in [0.25, 0.3) is 0 Å². The highest BCUT2D eigenvalue weighted by Gasteiger charge is 2.07. The maximum absolute atomic E-state index is 11.1. The van der Waals surface area contributed by atoms with Crippen molar-refractivity contribution in [1.82, 2.24) is 24.7 Å². The number of hydrogen-bond acceptors (Lipinski definition) is 6. The molecule has 0 fully saturated rings. The number of rotatable bonds is 2. The number of nitrogen functional groups attached to an aromatic ring is 1. The molecule has 2 aromatic rings. The van der Waals surface area contributed by atoms with Crippen LogP contribution in [-0.4, -0.2) is 24.7 Å². The molecule has 15 heavy (non-hydrogen) atoms. The molecule has 2 heterocycles. The monoisotopic (exact) mass is 224 g/mol. The van der Waals surface area contributed by atoms with Gasteiger partial charge in [0, 0.05) is 7.05 Å². The number of nitrogens with two attached hydrogens (primary N) is 1. The molecule has 0 aliphatic carbocycles. The summed E-state index contributed by atoms with van der Waals surface area (Å²) in [6.07, 6.45) is 3.00. The van der Waals surface area contributed by atoms with Crippen molar-refractivity contribution < 1.29 is 0 Å². The van der Waals surface area contributed by atoms with E-state index in [4.69, 9.17) is 5.73 Å². The fraction of sp³-hybridized carbons (Fsp3) is 0.143. The summed E-state index contributed by atoms with van der Waals surface area (Å²) in [5.41, 5.74) is 5.67. The van der Waals surface area contributed by atoms with E-state index in [0.717, 1.165) is 0 Å². The number of nitrogens with one attached hydrogen (secondary N) is 1. The first-order chi connectivity index (χ1) is 7.16. The summed E-state index contributed by atoms with van der Waals surface area (Å²) in [5.74, 6) is 0. The molecule has 0 aliphatic rings. The van der Waals surface area contributed by atoms with Gasteiger partial charge in [-0.3, -0.25) is 4.57 Å². The van der Waals surface area contributed by atoms with Crippen LogP contribution in [0.1, 0.15) is 0 Å². The molecule has 0 saturated carbocycles. The Morgan fingerprint density at radius 3 is 2.67 bits per heavy atom. The molecule has 0 amide bonds. The van der Waals surface area contributed by atoms with E-state index >= 15 is 0 Å². The van der Waals surface area contributed by atoms with Crippen LogP contribution in [0.4, 0.5) is 5.69 Å². The predicted octanol–water partition coefficient (Wildman–Crippen LogP) is -0.368. The van der Waals surface area contributed by atoms with Crippen molar-refractivity contribution in [2.45, 2.75) is 10.3 Å². The van der Waals surface area contributed by atoms with Gasteiger partial charge in [-0.1, -0.05) is 0 Å². The lowest BCUT2D eigenvalue weighted by Gasteiger charge is -1.97. The number of hydrogen-bond donors (Lipinski definition) is 2. The lowest BCUT2D eigenvalue weighted by Crippen LogP contribution is -2.12. The van der Waals surface area contributed by atoms with Gasteiger partial charge in [0.1, 0.15) is 0 Å². The molecule has 78 valence electrons. The Morgan fingerprint density at radius 2 is 2.13 bits per heavy atom. The first-order valence-corrected chi connectivity index (χ1v) is 4.85. The number of aromatic amines is 1. The summed E-state index contributed by atoms with van der Waals surface area (Å²) in [6.45, 7) is 0. The molecule has 7 nitrogen and oxygen atoms in total. The molecular formula is C7H8N6OS. The van der Waals surface area contributed by atoms with Crippen LogP contribution in [-0.2, 0) is 7.05 Å². The Morgan fingerprint density at radius 1 is 1.47 bits per heavy atom. The zero-order valence-electron chi connectivity index (χ0n) is 7.84. The SMILES string of the molecule is Cn1c(Sc2ncc(N)cn2)n[nH]c1=O. The molecule has 0 bridgehead atoms. The Labute approximate surface area is 88.7 Å². The lowest BCUT2D eigenvalue weighted by atomic mass is 10.6. The van der Waals surface area contributed by atoms with Gasteiger partial charge >= 0.3 is 5.69 Å². The minimum Gasteiger partial charge on any atom is -0.396 e. The highest BCUT2D eigenvalue weighted by molar-refractivity contribution is 7.99. The molecule has 8 heteroatoms. The van der Waals surface area contributed by atoms with Crippen LogP contribution in [0.5, 0.6) is 0 Å². The Hall–Kier alpha value is -1.83. The second-order valence-electron chi connectivity index (χ2n) is 2.77. The third-order valence-electron chi connectivity index (χ3n) is 1.67. The van der Waals surface area contributed by atoms with Gasteiger partial charge in [-0.05, 0) is 11.8 Å². The summed E-state index contributed by atoms with van der Waals surface area (Å²) in [4.78, 5) is 19.0. The van der Waals surface area contributed by atoms with E-state index in [1.807, 2.05) is 0 Å². The van der Waals surface area contributed by atoms with Gasteiger partial charge in [0.2, 0.25) is 0 Å². The minimum absolute atomic E-state index is 0.270. The summed E-state index contributed by atoms with van der Waals surface area (Å²) in [7, 11) is 1.62. The van der Waals surface area contributed by atoms with E-state index in [1.54, 1.807) is 7.05 Å². The lowest BCUT2D eigenvalue weighted by molar-refractivity contribution is 0.762. The van der Waals surface area contributed by atoms with Gasteiger partial charge in [0.15, 0.2) is 10.3 Å². The Bertz CT molecular complexity index is 515. The molecule has 2 aromatic heterocycles. The first-order valence-electron chi connectivity index (χ1n) is 4.03. The molecule has 0 atom stereocenters. The number of aromatic nitrogens is 5.